The molecule has 4 rings (SSSR count). The lowest BCUT2D eigenvalue weighted by molar-refractivity contribution is 0.292. The van der Waals surface area contributed by atoms with Crippen LogP contribution in [0.15, 0.2) is 30.6 Å². The first-order valence-corrected chi connectivity index (χ1v) is 8.55. The summed E-state index contributed by atoms with van der Waals surface area (Å²) in [6.45, 7) is 0.845. The van der Waals surface area contributed by atoms with Gasteiger partial charge in [-0.05, 0) is 24.6 Å². The Kier molecular flexibility index (Phi) is 4.18. The van der Waals surface area contributed by atoms with Gasteiger partial charge in [0.2, 0.25) is 0 Å². The van der Waals surface area contributed by atoms with Crippen molar-refractivity contribution in [3.8, 4) is 11.4 Å². The normalized spacial score (nSPS) is 11.3. The predicted octanol–water partition coefficient (Wildman–Crippen LogP) is 2.35. The second-order valence-corrected chi connectivity index (χ2v) is 6.12. The SMILES string of the molecule is CNc1nc2[nH]c(-c3cccc(NCCCO)n3)cc2c2c1ncn2C. The molecule has 0 unspecified atom stereocenters. The molecule has 0 amide bonds. The number of rotatable bonds is 6. The van der Waals surface area contributed by atoms with E-state index in [0.717, 1.165) is 45.1 Å². The van der Waals surface area contributed by atoms with E-state index in [4.69, 9.17) is 5.11 Å². The lowest BCUT2D eigenvalue weighted by Crippen LogP contribution is -2.05. The number of imidazole rings is 1. The van der Waals surface area contributed by atoms with E-state index in [0.29, 0.717) is 13.0 Å². The first-order valence-electron chi connectivity index (χ1n) is 8.55. The molecule has 0 aromatic carbocycles. The number of aryl methyl sites for hydroxylation is 1. The lowest BCUT2D eigenvalue weighted by atomic mass is 10.2. The van der Waals surface area contributed by atoms with E-state index < -0.39 is 0 Å². The van der Waals surface area contributed by atoms with Crippen molar-refractivity contribution in [2.45, 2.75) is 6.42 Å². The molecule has 0 spiro atoms. The van der Waals surface area contributed by atoms with Gasteiger partial charge < -0.3 is 25.3 Å². The van der Waals surface area contributed by atoms with Crippen LogP contribution in [0.1, 0.15) is 6.42 Å². The van der Waals surface area contributed by atoms with Crippen LogP contribution in [0.5, 0.6) is 0 Å². The molecule has 4 N–H and O–H groups in total. The first-order chi connectivity index (χ1) is 12.7. The molecule has 26 heavy (non-hydrogen) atoms. The van der Waals surface area contributed by atoms with Crippen LogP contribution in [0, 0.1) is 0 Å². The van der Waals surface area contributed by atoms with Gasteiger partial charge in [-0.2, -0.15) is 0 Å². The highest BCUT2D eigenvalue weighted by Gasteiger charge is 2.15. The quantitative estimate of drug-likeness (QED) is 0.398. The largest absolute Gasteiger partial charge is 0.396 e. The number of aromatic amines is 1. The van der Waals surface area contributed by atoms with Crippen LogP contribution < -0.4 is 10.6 Å². The van der Waals surface area contributed by atoms with Gasteiger partial charge in [0.15, 0.2) is 5.82 Å². The molecule has 0 atom stereocenters. The van der Waals surface area contributed by atoms with Crippen molar-refractivity contribution in [1.29, 1.82) is 0 Å². The molecule has 0 aliphatic heterocycles. The lowest BCUT2D eigenvalue weighted by Gasteiger charge is -2.05. The topological polar surface area (TPSA) is 104 Å². The zero-order valence-electron chi connectivity index (χ0n) is 14.7. The molecular formula is C18H21N7O. The number of nitrogens with zero attached hydrogens (tertiary/aromatic N) is 4. The number of pyridine rings is 2. The summed E-state index contributed by atoms with van der Waals surface area (Å²) in [5.41, 5.74) is 4.40. The molecule has 0 fully saturated rings. The fraction of sp³-hybridized carbons (Fsp3) is 0.278. The molecule has 134 valence electrons. The fourth-order valence-electron chi connectivity index (χ4n) is 3.09. The van der Waals surface area contributed by atoms with E-state index in [1.54, 1.807) is 6.33 Å². The number of hydrogen-bond donors (Lipinski definition) is 4. The zero-order valence-corrected chi connectivity index (χ0v) is 14.7. The monoisotopic (exact) mass is 351 g/mol. The summed E-state index contributed by atoms with van der Waals surface area (Å²) in [7, 11) is 3.82. The Labute approximate surface area is 150 Å². The van der Waals surface area contributed by atoms with Gasteiger partial charge in [0.25, 0.3) is 0 Å². The molecule has 4 heterocycles. The number of aliphatic hydroxyl groups excluding tert-OH is 1. The minimum absolute atomic E-state index is 0.162. The predicted molar refractivity (Wildman–Crippen MR) is 103 cm³/mol. The molecule has 0 aliphatic carbocycles. The van der Waals surface area contributed by atoms with Gasteiger partial charge in [-0.1, -0.05) is 6.07 Å². The van der Waals surface area contributed by atoms with Gasteiger partial charge in [0.05, 0.1) is 23.2 Å². The van der Waals surface area contributed by atoms with Gasteiger partial charge in [-0.3, -0.25) is 0 Å². The highest BCUT2D eigenvalue weighted by molar-refractivity contribution is 6.07. The van der Waals surface area contributed by atoms with Crippen LogP contribution >= 0.6 is 0 Å². The summed E-state index contributed by atoms with van der Waals surface area (Å²) in [6.07, 6.45) is 2.48. The van der Waals surface area contributed by atoms with Crippen molar-refractivity contribution in [1.82, 2.24) is 24.5 Å². The summed E-state index contributed by atoms with van der Waals surface area (Å²) in [5.74, 6) is 1.53. The fourth-order valence-corrected chi connectivity index (χ4v) is 3.09. The number of nitrogens with one attached hydrogen (secondary N) is 3. The maximum absolute atomic E-state index is 8.91. The first kappa shape index (κ1) is 16.3. The van der Waals surface area contributed by atoms with Gasteiger partial charge in [0, 0.05) is 32.6 Å². The Morgan fingerprint density at radius 1 is 1.27 bits per heavy atom. The van der Waals surface area contributed by atoms with Crippen LogP contribution in [0.2, 0.25) is 0 Å². The maximum Gasteiger partial charge on any atom is 0.156 e. The van der Waals surface area contributed by atoms with E-state index in [-0.39, 0.29) is 6.61 Å². The second-order valence-electron chi connectivity index (χ2n) is 6.12. The maximum atomic E-state index is 8.91. The number of aromatic nitrogens is 5. The molecule has 0 saturated carbocycles. The summed E-state index contributed by atoms with van der Waals surface area (Å²) < 4.78 is 2.00. The third-order valence-corrected chi connectivity index (χ3v) is 4.34. The van der Waals surface area contributed by atoms with Gasteiger partial charge in [0.1, 0.15) is 17.0 Å². The molecule has 8 nitrogen and oxygen atoms in total. The Balaban J connectivity index is 1.79. The van der Waals surface area contributed by atoms with Crippen molar-refractivity contribution in [2.75, 3.05) is 30.8 Å². The number of anilines is 2. The third kappa shape index (κ3) is 2.74. The Bertz CT molecular complexity index is 1070. The molecule has 4 aromatic heterocycles. The summed E-state index contributed by atoms with van der Waals surface area (Å²) >= 11 is 0. The van der Waals surface area contributed by atoms with E-state index in [1.165, 1.54) is 0 Å². The van der Waals surface area contributed by atoms with Crippen LogP contribution in [-0.2, 0) is 7.05 Å². The standard InChI is InChI=1S/C18H21N7O/c1-19-18-15-16(25(2)10-21-15)11-9-13(23-17(11)24-18)12-5-3-6-14(22-12)20-7-4-8-26/h3,5-6,9-10,26H,4,7-8H2,1-2H3,(H,20,22)(H2,19,23,24). The second kappa shape index (κ2) is 6.64. The minimum atomic E-state index is 0.162. The average Bonchev–Trinajstić information content (AvgIpc) is 3.25. The van der Waals surface area contributed by atoms with E-state index >= 15 is 0 Å². The van der Waals surface area contributed by atoms with Gasteiger partial charge in [-0.25, -0.2) is 15.0 Å². The summed E-state index contributed by atoms with van der Waals surface area (Å²) in [6, 6.07) is 7.90. The van der Waals surface area contributed by atoms with Crippen LogP contribution in [0.3, 0.4) is 0 Å². The van der Waals surface area contributed by atoms with Crippen LogP contribution in [0.25, 0.3) is 33.5 Å². The molecule has 0 saturated heterocycles. The zero-order chi connectivity index (χ0) is 18.1. The van der Waals surface area contributed by atoms with Crippen molar-refractivity contribution in [3.63, 3.8) is 0 Å². The molecule has 0 aliphatic rings. The Hall–Kier alpha value is -3.13. The summed E-state index contributed by atoms with van der Waals surface area (Å²) in [5, 5.41) is 16.2. The number of hydrogen-bond acceptors (Lipinski definition) is 6. The molecule has 4 aromatic rings. The smallest absolute Gasteiger partial charge is 0.156 e. The molecule has 0 bridgehead atoms. The number of fused-ring (bicyclic) bond motifs is 3. The molecule has 8 heteroatoms. The van der Waals surface area contributed by atoms with Crippen LogP contribution in [0.4, 0.5) is 11.6 Å². The van der Waals surface area contributed by atoms with E-state index in [2.05, 4.69) is 36.6 Å². The third-order valence-electron chi connectivity index (χ3n) is 4.34. The average molecular weight is 351 g/mol. The van der Waals surface area contributed by atoms with Crippen molar-refractivity contribution >= 4 is 33.7 Å². The van der Waals surface area contributed by atoms with E-state index in [9.17, 15) is 0 Å². The molecule has 0 radical (unpaired) electrons. The molecular weight excluding hydrogens is 330 g/mol. The van der Waals surface area contributed by atoms with Gasteiger partial charge in [-0.15, -0.1) is 0 Å². The van der Waals surface area contributed by atoms with Crippen LogP contribution in [-0.4, -0.2) is 49.8 Å². The van der Waals surface area contributed by atoms with Crippen molar-refractivity contribution < 1.29 is 5.11 Å². The van der Waals surface area contributed by atoms with Crippen molar-refractivity contribution in [3.05, 3.63) is 30.6 Å². The van der Waals surface area contributed by atoms with E-state index in [1.807, 2.05) is 36.9 Å². The van der Waals surface area contributed by atoms with Gasteiger partial charge >= 0.3 is 0 Å². The number of aliphatic hydroxyl groups is 1. The Morgan fingerprint density at radius 3 is 2.96 bits per heavy atom. The summed E-state index contributed by atoms with van der Waals surface area (Å²) in [4.78, 5) is 17.1. The Morgan fingerprint density at radius 2 is 2.15 bits per heavy atom. The van der Waals surface area contributed by atoms with Crippen molar-refractivity contribution in [2.24, 2.45) is 7.05 Å². The minimum Gasteiger partial charge on any atom is -0.396 e. The highest BCUT2D eigenvalue weighted by Crippen LogP contribution is 2.31. The number of H-pyrrole nitrogens is 1. The highest BCUT2D eigenvalue weighted by atomic mass is 16.3.